The fraction of sp³-hybridized carbons (Fsp3) is 0.500. The molecule has 3 heteroatoms. The van der Waals surface area contributed by atoms with Gasteiger partial charge in [-0.15, -0.1) is 0 Å². The zero-order chi connectivity index (χ0) is 13.3. The first-order valence-corrected chi connectivity index (χ1v) is 7.24. The lowest BCUT2D eigenvalue weighted by molar-refractivity contribution is 0.168. The summed E-state index contributed by atoms with van der Waals surface area (Å²) in [6, 6.07) is 10.4. The van der Waals surface area contributed by atoms with Gasteiger partial charge in [0, 0.05) is 5.39 Å². The van der Waals surface area contributed by atoms with Gasteiger partial charge in [0.2, 0.25) is 0 Å². The highest BCUT2D eigenvalue weighted by Gasteiger charge is 2.41. The SMILES string of the molecule is CCC1(C(NN)c2cc3ccccc3o2)CCCC1. The van der Waals surface area contributed by atoms with Crippen LogP contribution in [0.25, 0.3) is 11.0 Å². The van der Waals surface area contributed by atoms with Crippen LogP contribution in [0.3, 0.4) is 0 Å². The highest BCUT2D eigenvalue weighted by molar-refractivity contribution is 5.77. The lowest BCUT2D eigenvalue weighted by atomic mass is 9.75. The van der Waals surface area contributed by atoms with E-state index in [1.807, 2.05) is 18.2 Å². The molecule has 1 aromatic heterocycles. The van der Waals surface area contributed by atoms with Gasteiger partial charge in [-0.05, 0) is 36.8 Å². The summed E-state index contributed by atoms with van der Waals surface area (Å²) < 4.78 is 6.02. The van der Waals surface area contributed by atoms with Crippen molar-refractivity contribution >= 4 is 11.0 Å². The summed E-state index contributed by atoms with van der Waals surface area (Å²) >= 11 is 0. The predicted octanol–water partition coefficient (Wildman–Crippen LogP) is 3.91. The highest BCUT2D eigenvalue weighted by Crippen LogP contribution is 2.50. The summed E-state index contributed by atoms with van der Waals surface area (Å²) in [6.07, 6.45) is 6.20. The molecule has 0 bridgehead atoms. The fourth-order valence-corrected chi connectivity index (χ4v) is 3.63. The molecule has 0 spiro atoms. The first-order chi connectivity index (χ1) is 9.29. The molecular formula is C16H22N2O. The van der Waals surface area contributed by atoms with E-state index in [0.717, 1.165) is 23.2 Å². The molecule has 1 aromatic carbocycles. The second-order valence-electron chi connectivity index (χ2n) is 5.71. The van der Waals surface area contributed by atoms with Crippen molar-refractivity contribution in [2.75, 3.05) is 0 Å². The van der Waals surface area contributed by atoms with Gasteiger partial charge in [0.15, 0.2) is 0 Å². The quantitative estimate of drug-likeness (QED) is 0.646. The van der Waals surface area contributed by atoms with Gasteiger partial charge < -0.3 is 4.42 Å². The lowest BCUT2D eigenvalue weighted by Gasteiger charge is -2.35. The molecule has 1 aliphatic carbocycles. The molecule has 0 aliphatic heterocycles. The van der Waals surface area contributed by atoms with Crippen LogP contribution >= 0.6 is 0 Å². The van der Waals surface area contributed by atoms with Crippen molar-refractivity contribution in [1.29, 1.82) is 0 Å². The number of hydrogen-bond donors (Lipinski definition) is 2. The van der Waals surface area contributed by atoms with Gasteiger partial charge >= 0.3 is 0 Å². The van der Waals surface area contributed by atoms with Gasteiger partial charge in [-0.3, -0.25) is 5.84 Å². The maximum Gasteiger partial charge on any atom is 0.134 e. The topological polar surface area (TPSA) is 51.2 Å². The molecule has 1 heterocycles. The van der Waals surface area contributed by atoms with Crippen LogP contribution in [0.5, 0.6) is 0 Å². The van der Waals surface area contributed by atoms with Crippen LogP contribution in [0, 0.1) is 5.41 Å². The van der Waals surface area contributed by atoms with E-state index < -0.39 is 0 Å². The average molecular weight is 258 g/mol. The Labute approximate surface area is 114 Å². The molecule has 2 aromatic rings. The zero-order valence-corrected chi connectivity index (χ0v) is 11.5. The molecule has 102 valence electrons. The van der Waals surface area contributed by atoms with Crippen molar-refractivity contribution in [3.8, 4) is 0 Å². The summed E-state index contributed by atoms with van der Waals surface area (Å²) in [5, 5.41) is 1.15. The minimum Gasteiger partial charge on any atom is -0.459 e. The molecule has 19 heavy (non-hydrogen) atoms. The van der Waals surface area contributed by atoms with Gasteiger partial charge in [-0.1, -0.05) is 38.0 Å². The number of hydrazine groups is 1. The lowest BCUT2D eigenvalue weighted by Crippen LogP contribution is -2.39. The van der Waals surface area contributed by atoms with Crippen LogP contribution in [-0.4, -0.2) is 0 Å². The highest BCUT2D eigenvalue weighted by atomic mass is 16.3. The summed E-state index contributed by atoms with van der Waals surface area (Å²) in [5.41, 5.74) is 4.22. The number of nitrogens with one attached hydrogen (secondary N) is 1. The zero-order valence-electron chi connectivity index (χ0n) is 11.5. The Morgan fingerprint density at radius 1 is 1.32 bits per heavy atom. The van der Waals surface area contributed by atoms with Gasteiger partial charge in [0.05, 0.1) is 6.04 Å². The molecule has 1 saturated carbocycles. The van der Waals surface area contributed by atoms with Crippen molar-refractivity contribution in [2.45, 2.75) is 45.1 Å². The number of hydrogen-bond acceptors (Lipinski definition) is 3. The first kappa shape index (κ1) is 12.7. The van der Waals surface area contributed by atoms with E-state index >= 15 is 0 Å². The van der Waals surface area contributed by atoms with Gasteiger partial charge in [-0.2, -0.15) is 0 Å². The Hall–Kier alpha value is -1.32. The number of nitrogens with two attached hydrogens (primary N) is 1. The molecule has 1 aliphatic rings. The maximum atomic E-state index is 6.02. The number of benzene rings is 1. The van der Waals surface area contributed by atoms with Gasteiger partial charge in [0.25, 0.3) is 0 Å². The molecular weight excluding hydrogens is 236 g/mol. The van der Waals surface area contributed by atoms with Crippen LogP contribution in [0.1, 0.15) is 50.8 Å². The van der Waals surface area contributed by atoms with Crippen molar-refractivity contribution in [3.63, 3.8) is 0 Å². The first-order valence-electron chi connectivity index (χ1n) is 7.24. The third-order valence-corrected chi connectivity index (χ3v) is 4.81. The summed E-state index contributed by atoms with van der Waals surface area (Å²) in [6.45, 7) is 2.26. The Bertz CT molecular complexity index is 522. The van der Waals surface area contributed by atoms with E-state index in [1.54, 1.807) is 0 Å². The molecule has 1 fully saturated rings. The largest absolute Gasteiger partial charge is 0.459 e. The minimum atomic E-state index is 0.118. The number of rotatable bonds is 4. The molecule has 3 N–H and O–H groups in total. The second-order valence-corrected chi connectivity index (χ2v) is 5.71. The number of furan rings is 1. The predicted molar refractivity (Wildman–Crippen MR) is 77.5 cm³/mol. The monoisotopic (exact) mass is 258 g/mol. The molecule has 0 amide bonds. The molecule has 0 radical (unpaired) electrons. The van der Waals surface area contributed by atoms with Crippen molar-refractivity contribution in [3.05, 3.63) is 36.1 Å². The van der Waals surface area contributed by atoms with Gasteiger partial charge in [-0.25, -0.2) is 5.43 Å². The molecule has 3 nitrogen and oxygen atoms in total. The molecule has 1 unspecified atom stereocenters. The van der Waals surface area contributed by atoms with Crippen molar-refractivity contribution in [2.24, 2.45) is 11.3 Å². The second kappa shape index (κ2) is 4.99. The summed E-state index contributed by atoms with van der Waals surface area (Å²) in [7, 11) is 0. The third-order valence-electron chi connectivity index (χ3n) is 4.81. The number of para-hydroxylation sites is 1. The number of fused-ring (bicyclic) bond motifs is 1. The van der Waals surface area contributed by atoms with Crippen LogP contribution in [0.15, 0.2) is 34.7 Å². The van der Waals surface area contributed by atoms with Crippen molar-refractivity contribution < 1.29 is 4.42 Å². The normalized spacial score (nSPS) is 19.9. The van der Waals surface area contributed by atoms with Crippen LogP contribution in [-0.2, 0) is 0 Å². The van der Waals surface area contributed by atoms with Crippen LogP contribution in [0.2, 0.25) is 0 Å². The third kappa shape index (κ3) is 2.07. The summed E-state index contributed by atoms with van der Waals surface area (Å²) in [5.74, 6) is 6.84. The fourth-order valence-electron chi connectivity index (χ4n) is 3.63. The Morgan fingerprint density at radius 2 is 2.05 bits per heavy atom. The Balaban J connectivity index is 2.01. The Morgan fingerprint density at radius 3 is 2.68 bits per heavy atom. The van der Waals surface area contributed by atoms with E-state index in [2.05, 4.69) is 24.5 Å². The van der Waals surface area contributed by atoms with E-state index in [-0.39, 0.29) is 11.5 Å². The molecule has 3 rings (SSSR count). The van der Waals surface area contributed by atoms with Gasteiger partial charge in [0.1, 0.15) is 11.3 Å². The molecule has 0 saturated heterocycles. The smallest absolute Gasteiger partial charge is 0.134 e. The molecule has 1 atom stereocenters. The van der Waals surface area contributed by atoms with Crippen LogP contribution in [0.4, 0.5) is 0 Å². The Kier molecular flexibility index (Phi) is 3.33. The van der Waals surface area contributed by atoms with E-state index in [0.29, 0.717) is 0 Å². The minimum absolute atomic E-state index is 0.118. The summed E-state index contributed by atoms with van der Waals surface area (Å²) in [4.78, 5) is 0. The van der Waals surface area contributed by atoms with E-state index in [1.165, 1.54) is 25.7 Å². The standard InChI is InChI=1S/C16H22N2O/c1-2-16(9-5-6-10-16)15(18-17)14-11-12-7-3-4-8-13(12)19-14/h3-4,7-8,11,15,18H,2,5-6,9-10,17H2,1H3. The van der Waals surface area contributed by atoms with Crippen molar-refractivity contribution in [1.82, 2.24) is 5.43 Å². The van der Waals surface area contributed by atoms with E-state index in [9.17, 15) is 0 Å². The van der Waals surface area contributed by atoms with E-state index in [4.69, 9.17) is 10.3 Å². The van der Waals surface area contributed by atoms with Crippen LogP contribution < -0.4 is 11.3 Å². The maximum absolute atomic E-state index is 6.02. The average Bonchev–Trinajstić information content (AvgIpc) is 3.06.